The number of sulfonamides is 1. The smallest absolute Gasteiger partial charge is 0.261 e. The molecule has 0 heterocycles. The van der Waals surface area contributed by atoms with Crippen LogP contribution in [-0.2, 0) is 10.0 Å². The van der Waals surface area contributed by atoms with E-state index < -0.39 is 10.0 Å². The molecule has 0 atom stereocenters. The van der Waals surface area contributed by atoms with Crippen LogP contribution >= 0.6 is 27.5 Å². The molecule has 29 heavy (non-hydrogen) atoms. The van der Waals surface area contributed by atoms with Gasteiger partial charge in [-0.3, -0.25) is 9.52 Å². The van der Waals surface area contributed by atoms with E-state index in [1.54, 1.807) is 18.2 Å². The first-order chi connectivity index (χ1) is 13.7. The van der Waals surface area contributed by atoms with Gasteiger partial charge in [0.25, 0.3) is 15.9 Å². The van der Waals surface area contributed by atoms with Crippen molar-refractivity contribution in [1.82, 2.24) is 0 Å². The van der Waals surface area contributed by atoms with Crippen LogP contribution in [0.1, 0.15) is 21.5 Å². The summed E-state index contributed by atoms with van der Waals surface area (Å²) in [5.41, 5.74) is 3.09. The Morgan fingerprint density at radius 2 is 1.59 bits per heavy atom. The molecule has 2 N–H and O–H groups in total. The number of hydrogen-bond donors (Lipinski definition) is 2. The molecule has 0 radical (unpaired) electrons. The van der Waals surface area contributed by atoms with Gasteiger partial charge in [-0.1, -0.05) is 45.2 Å². The number of hydrogen-bond acceptors (Lipinski definition) is 3. The Balaban J connectivity index is 1.78. The van der Waals surface area contributed by atoms with E-state index in [1.807, 2.05) is 26.0 Å². The summed E-state index contributed by atoms with van der Waals surface area (Å²) in [7, 11) is -3.75. The topological polar surface area (TPSA) is 75.3 Å². The van der Waals surface area contributed by atoms with Crippen molar-refractivity contribution < 1.29 is 13.2 Å². The van der Waals surface area contributed by atoms with Gasteiger partial charge in [0.05, 0.1) is 21.2 Å². The molecule has 0 fully saturated rings. The van der Waals surface area contributed by atoms with Crippen LogP contribution in [0.2, 0.25) is 5.02 Å². The Morgan fingerprint density at radius 3 is 2.21 bits per heavy atom. The average molecular weight is 494 g/mol. The van der Waals surface area contributed by atoms with Gasteiger partial charge in [-0.2, -0.15) is 0 Å². The molecule has 150 valence electrons. The third-order valence-electron chi connectivity index (χ3n) is 4.21. The number of rotatable bonds is 5. The second kappa shape index (κ2) is 8.57. The SMILES string of the molecule is Cc1ccc(S(=O)(=O)Nc2ccc(C(=O)Nc3ccc(Br)c(C)c3)c(Cl)c2)cc1. The van der Waals surface area contributed by atoms with Crippen molar-refractivity contribution in [2.24, 2.45) is 0 Å². The van der Waals surface area contributed by atoms with Gasteiger partial charge in [-0.05, 0) is 67.9 Å². The molecule has 8 heteroatoms. The maximum Gasteiger partial charge on any atom is 0.261 e. The van der Waals surface area contributed by atoms with Crippen molar-refractivity contribution >= 4 is 54.8 Å². The van der Waals surface area contributed by atoms with Gasteiger partial charge in [0, 0.05) is 10.2 Å². The van der Waals surface area contributed by atoms with Crippen molar-refractivity contribution in [2.45, 2.75) is 18.7 Å². The number of benzene rings is 3. The maximum atomic E-state index is 12.5. The molecule has 0 aliphatic carbocycles. The minimum atomic E-state index is -3.75. The van der Waals surface area contributed by atoms with Gasteiger partial charge in [-0.25, -0.2) is 8.42 Å². The fourth-order valence-corrected chi connectivity index (χ4v) is 4.18. The highest BCUT2D eigenvalue weighted by Gasteiger charge is 2.16. The molecule has 0 saturated heterocycles. The third-order valence-corrected chi connectivity index (χ3v) is 6.81. The van der Waals surface area contributed by atoms with Crippen molar-refractivity contribution in [3.8, 4) is 0 Å². The lowest BCUT2D eigenvalue weighted by Crippen LogP contribution is -2.15. The van der Waals surface area contributed by atoms with Crippen LogP contribution in [-0.4, -0.2) is 14.3 Å². The number of carbonyl (C=O) groups is 1. The fourth-order valence-electron chi connectivity index (χ4n) is 2.62. The third kappa shape index (κ3) is 5.18. The summed E-state index contributed by atoms with van der Waals surface area (Å²) in [6, 6.07) is 16.3. The second-order valence-electron chi connectivity index (χ2n) is 6.53. The summed E-state index contributed by atoms with van der Waals surface area (Å²) in [4.78, 5) is 12.7. The van der Waals surface area contributed by atoms with Crippen LogP contribution in [0.4, 0.5) is 11.4 Å². The molecule has 0 aliphatic rings. The molecular formula is C21H18BrClN2O3S. The molecule has 0 unspecified atom stereocenters. The number of amides is 1. The number of aryl methyl sites for hydroxylation is 2. The van der Waals surface area contributed by atoms with E-state index in [4.69, 9.17) is 11.6 Å². The average Bonchev–Trinajstić information content (AvgIpc) is 2.65. The Morgan fingerprint density at radius 1 is 0.931 bits per heavy atom. The second-order valence-corrected chi connectivity index (χ2v) is 9.48. The highest BCUT2D eigenvalue weighted by Crippen LogP contribution is 2.25. The molecule has 5 nitrogen and oxygen atoms in total. The minimum absolute atomic E-state index is 0.139. The predicted octanol–water partition coefficient (Wildman–Crippen LogP) is 5.77. The molecule has 3 aromatic carbocycles. The predicted molar refractivity (Wildman–Crippen MR) is 120 cm³/mol. The first-order valence-electron chi connectivity index (χ1n) is 8.62. The van der Waals surface area contributed by atoms with Gasteiger partial charge in [0.15, 0.2) is 0 Å². The summed E-state index contributed by atoms with van der Waals surface area (Å²) in [6.45, 7) is 3.80. The van der Waals surface area contributed by atoms with Crippen LogP contribution in [0.5, 0.6) is 0 Å². The molecule has 0 saturated carbocycles. The first kappa shape index (κ1) is 21.4. The lowest BCUT2D eigenvalue weighted by molar-refractivity contribution is 0.102. The normalized spacial score (nSPS) is 11.2. The quantitative estimate of drug-likeness (QED) is 0.473. The van der Waals surface area contributed by atoms with E-state index in [1.165, 1.54) is 30.3 Å². The number of anilines is 2. The Kier molecular flexibility index (Phi) is 6.31. The highest BCUT2D eigenvalue weighted by atomic mass is 79.9. The largest absolute Gasteiger partial charge is 0.322 e. The van der Waals surface area contributed by atoms with Gasteiger partial charge >= 0.3 is 0 Å². The number of carbonyl (C=O) groups excluding carboxylic acids is 1. The lowest BCUT2D eigenvalue weighted by Gasteiger charge is -2.11. The number of halogens is 2. The Hall–Kier alpha value is -2.35. The summed E-state index contributed by atoms with van der Waals surface area (Å²) < 4.78 is 28.4. The maximum absolute atomic E-state index is 12.5. The van der Waals surface area contributed by atoms with Crippen LogP contribution in [0.15, 0.2) is 70.0 Å². The molecule has 3 rings (SSSR count). The van der Waals surface area contributed by atoms with E-state index in [-0.39, 0.29) is 27.1 Å². The van der Waals surface area contributed by atoms with Crippen molar-refractivity contribution in [1.29, 1.82) is 0 Å². The highest BCUT2D eigenvalue weighted by molar-refractivity contribution is 9.10. The molecule has 1 amide bonds. The Labute approximate surface area is 183 Å². The number of nitrogens with one attached hydrogen (secondary N) is 2. The van der Waals surface area contributed by atoms with Crippen molar-refractivity contribution in [2.75, 3.05) is 10.0 Å². The molecule has 0 aliphatic heterocycles. The summed E-state index contributed by atoms with van der Waals surface area (Å²) in [5.74, 6) is -0.385. The summed E-state index contributed by atoms with van der Waals surface area (Å²) >= 11 is 9.65. The van der Waals surface area contributed by atoms with E-state index in [0.29, 0.717) is 5.69 Å². The van der Waals surface area contributed by atoms with Crippen LogP contribution in [0, 0.1) is 13.8 Å². The zero-order valence-corrected chi connectivity index (χ0v) is 18.8. The molecule has 0 aromatic heterocycles. The van der Waals surface area contributed by atoms with Gasteiger partial charge < -0.3 is 5.32 Å². The Bertz CT molecular complexity index is 1180. The molecular weight excluding hydrogens is 476 g/mol. The molecule has 0 bridgehead atoms. The van der Waals surface area contributed by atoms with E-state index in [0.717, 1.165) is 15.6 Å². The summed E-state index contributed by atoms with van der Waals surface area (Å²) in [5, 5.41) is 2.92. The van der Waals surface area contributed by atoms with Gasteiger partial charge in [0.1, 0.15) is 0 Å². The monoisotopic (exact) mass is 492 g/mol. The summed E-state index contributed by atoms with van der Waals surface area (Å²) in [6.07, 6.45) is 0. The van der Waals surface area contributed by atoms with Crippen LogP contribution in [0.3, 0.4) is 0 Å². The minimum Gasteiger partial charge on any atom is -0.322 e. The van der Waals surface area contributed by atoms with E-state index in [9.17, 15) is 13.2 Å². The van der Waals surface area contributed by atoms with E-state index in [2.05, 4.69) is 26.0 Å². The van der Waals surface area contributed by atoms with Crippen molar-refractivity contribution in [3.05, 3.63) is 86.8 Å². The van der Waals surface area contributed by atoms with E-state index >= 15 is 0 Å². The first-order valence-corrected chi connectivity index (χ1v) is 11.3. The lowest BCUT2D eigenvalue weighted by atomic mass is 10.1. The fraction of sp³-hybridized carbons (Fsp3) is 0.0952. The molecule has 0 spiro atoms. The zero-order valence-electron chi connectivity index (χ0n) is 15.7. The molecule has 3 aromatic rings. The van der Waals surface area contributed by atoms with Gasteiger partial charge in [0.2, 0.25) is 0 Å². The standard InChI is InChI=1S/C21H18BrClN2O3S/c1-13-3-7-17(8-4-13)29(27,28)25-16-5-9-18(20(23)12-16)21(26)24-15-6-10-19(22)14(2)11-15/h3-12,25H,1-2H3,(H,24,26). The van der Waals surface area contributed by atoms with Crippen LogP contribution < -0.4 is 10.0 Å². The zero-order chi connectivity index (χ0) is 21.2. The van der Waals surface area contributed by atoms with Crippen LogP contribution in [0.25, 0.3) is 0 Å². The van der Waals surface area contributed by atoms with Crippen molar-refractivity contribution in [3.63, 3.8) is 0 Å². The van der Waals surface area contributed by atoms with Gasteiger partial charge in [-0.15, -0.1) is 0 Å².